The fraction of sp³-hybridized carbons (Fsp3) is 0.950. The Kier molecular flexibility index (Phi) is 6.85. The summed E-state index contributed by atoms with van der Waals surface area (Å²) in [6.45, 7) is 8.74. The molecule has 0 aromatic heterocycles. The van der Waals surface area contributed by atoms with Crippen LogP contribution in [0.4, 0.5) is 0 Å². The van der Waals surface area contributed by atoms with E-state index in [-0.39, 0.29) is 17.9 Å². The minimum atomic E-state index is -3.44. The topological polar surface area (TPSA) is 69.7 Å². The molecular formula is C20H37N3O3S. The zero-order valence-corrected chi connectivity index (χ0v) is 18.0. The molecule has 0 radical (unpaired) electrons. The van der Waals surface area contributed by atoms with Gasteiger partial charge in [0.15, 0.2) is 0 Å². The van der Waals surface area contributed by atoms with Gasteiger partial charge in [0.2, 0.25) is 5.91 Å². The van der Waals surface area contributed by atoms with Crippen LogP contribution in [-0.2, 0) is 15.0 Å². The summed E-state index contributed by atoms with van der Waals surface area (Å²) < 4.78 is 29.2. The second-order valence-corrected chi connectivity index (χ2v) is 11.1. The van der Waals surface area contributed by atoms with Gasteiger partial charge in [0.25, 0.3) is 10.2 Å². The average Bonchev–Trinajstić information content (AvgIpc) is 2.66. The van der Waals surface area contributed by atoms with E-state index in [1.807, 2.05) is 0 Å². The molecule has 2 aliphatic heterocycles. The molecule has 1 amide bonds. The van der Waals surface area contributed by atoms with Crippen LogP contribution in [0.25, 0.3) is 0 Å². The van der Waals surface area contributed by atoms with E-state index in [0.29, 0.717) is 43.9 Å². The van der Waals surface area contributed by atoms with Gasteiger partial charge in [0.1, 0.15) is 0 Å². The van der Waals surface area contributed by atoms with E-state index < -0.39 is 10.2 Å². The summed E-state index contributed by atoms with van der Waals surface area (Å²) in [5.41, 5.74) is 0. The molecule has 1 saturated carbocycles. The predicted molar refractivity (Wildman–Crippen MR) is 107 cm³/mol. The number of nitrogens with one attached hydrogen (secondary N) is 1. The molecule has 2 saturated heterocycles. The number of carbonyl (C=O) groups excluding carboxylic acids is 1. The fourth-order valence-electron chi connectivity index (χ4n) is 4.83. The van der Waals surface area contributed by atoms with Crippen LogP contribution in [0, 0.1) is 23.7 Å². The first kappa shape index (κ1) is 21.1. The highest BCUT2D eigenvalue weighted by atomic mass is 32.2. The van der Waals surface area contributed by atoms with Crippen molar-refractivity contribution in [3.05, 3.63) is 0 Å². The lowest BCUT2D eigenvalue weighted by atomic mass is 9.78. The minimum absolute atomic E-state index is 0.0492. The van der Waals surface area contributed by atoms with E-state index in [4.69, 9.17) is 0 Å². The number of amides is 1. The van der Waals surface area contributed by atoms with Gasteiger partial charge in [0.05, 0.1) is 5.92 Å². The maximum absolute atomic E-state index is 13.0. The number of piperidine rings is 2. The van der Waals surface area contributed by atoms with Gasteiger partial charge < -0.3 is 5.32 Å². The van der Waals surface area contributed by atoms with Crippen molar-refractivity contribution in [2.24, 2.45) is 23.7 Å². The normalized spacial score (nSPS) is 35.1. The quantitative estimate of drug-likeness (QED) is 0.790. The van der Waals surface area contributed by atoms with E-state index in [1.165, 1.54) is 6.42 Å². The molecule has 0 aromatic carbocycles. The van der Waals surface area contributed by atoms with E-state index in [1.54, 1.807) is 8.61 Å². The van der Waals surface area contributed by atoms with Gasteiger partial charge >= 0.3 is 0 Å². The van der Waals surface area contributed by atoms with Crippen molar-refractivity contribution in [1.82, 2.24) is 13.9 Å². The highest BCUT2D eigenvalue weighted by molar-refractivity contribution is 7.86. The molecular weight excluding hydrogens is 362 g/mol. The van der Waals surface area contributed by atoms with Crippen LogP contribution in [-0.4, -0.2) is 55.2 Å². The zero-order chi connectivity index (χ0) is 19.6. The van der Waals surface area contributed by atoms with E-state index in [0.717, 1.165) is 38.5 Å². The summed E-state index contributed by atoms with van der Waals surface area (Å²) in [6.07, 6.45) is 6.83. The molecule has 3 aliphatic rings. The highest BCUT2D eigenvalue weighted by Gasteiger charge is 2.38. The SMILES string of the molecule is CC1CCN(S(=O)(=O)N2CCCC(C(=O)NC3CCCC(C)C3C)C2)CC1. The average molecular weight is 400 g/mol. The number of carbonyl (C=O) groups is 1. The van der Waals surface area contributed by atoms with Crippen molar-refractivity contribution < 1.29 is 13.2 Å². The maximum atomic E-state index is 13.0. The standard InChI is InChI=1S/C20H37N3O3S/c1-15-9-12-22(13-10-15)27(25,26)23-11-5-7-18(14-23)20(24)21-19-8-4-6-16(2)17(19)3/h15-19H,4-14H2,1-3H3,(H,21,24). The molecule has 2 heterocycles. The molecule has 0 bridgehead atoms. The molecule has 3 fully saturated rings. The Balaban J connectivity index is 1.59. The largest absolute Gasteiger partial charge is 0.353 e. The van der Waals surface area contributed by atoms with Gasteiger partial charge in [-0.2, -0.15) is 17.0 Å². The van der Waals surface area contributed by atoms with Gasteiger partial charge in [-0.1, -0.05) is 33.6 Å². The maximum Gasteiger partial charge on any atom is 0.281 e. The summed E-state index contributed by atoms with van der Waals surface area (Å²) in [5, 5.41) is 3.25. The summed E-state index contributed by atoms with van der Waals surface area (Å²) >= 11 is 0. The molecule has 156 valence electrons. The summed E-state index contributed by atoms with van der Waals surface area (Å²) in [5.74, 6) is 1.54. The van der Waals surface area contributed by atoms with Crippen LogP contribution in [0.2, 0.25) is 0 Å². The molecule has 3 rings (SSSR count). The van der Waals surface area contributed by atoms with Crippen molar-refractivity contribution in [3.63, 3.8) is 0 Å². The zero-order valence-electron chi connectivity index (χ0n) is 17.2. The fourth-order valence-corrected chi connectivity index (χ4v) is 6.56. The third-order valence-electron chi connectivity index (χ3n) is 7.18. The van der Waals surface area contributed by atoms with Crippen molar-refractivity contribution in [2.45, 2.75) is 71.8 Å². The lowest BCUT2D eigenvalue weighted by Crippen LogP contribution is -2.53. The van der Waals surface area contributed by atoms with Gasteiger partial charge in [-0.15, -0.1) is 0 Å². The smallest absolute Gasteiger partial charge is 0.281 e. The Morgan fingerprint density at radius 2 is 1.59 bits per heavy atom. The first-order valence-electron chi connectivity index (χ1n) is 10.8. The molecule has 4 unspecified atom stereocenters. The molecule has 27 heavy (non-hydrogen) atoms. The Morgan fingerprint density at radius 3 is 2.30 bits per heavy atom. The van der Waals surface area contributed by atoms with Gasteiger partial charge in [-0.05, 0) is 49.9 Å². The van der Waals surface area contributed by atoms with Crippen molar-refractivity contribution in [3.8, 4) is 0 Å². The second kappa shape index (κ2) is 8.78. The predicted octanol–water partition coefficient (Wildman–Crippen LogP) is 2.62. The van der Waals surface area contributed by atoms with Crippen molar-refractivity contribution in [2.75, 3.05) is 26.2 Å². The number of nitrogens with zero attached hydrogens (tertiary/aromatic N) is 2. The Hall–Kier alpha value is -0.660. The Bertz CT molecular complexity index is 616. The molecule has 0 aromatic rings. The number of hydrogen-bond acceptors (Lipinski definition) is 3. The first-order valence-corrected chi connectivity index (χ1v) is 12.2. The molecule has 0 spiro atoms. The molecule has 1 N–H and O–H groups in total. The third-order valence-corrected chi connectivity index (χ3v) is 9.19. The van der Waals surface area contributed by atoms with Crippen molar-refractivity contribution >= 4 is 16.1 Å². The molecule has 4 atom stereocenters. The van der Waals surface area contributed by atoms with E-state index >= 15 is 0 Å². The van der Waals surface area contributed by atoms with Crippen LogP contribution >= 0.6 is 0 Å². The lowest BCUT2D eigenvalue weighted by Gasteiger charge is -2.39. The van der Waals surface area contributed by atoms with Crippen LogP contribution in [0.3, 0.4) is 0 Å². The third kappa shape index (κ3) is 4.85. The van der Waals surface area contributed by atoms with Crippen LogP contribution in [0.1, 0.15) is 65.7 Å². The summed E-state index contributed by atoms with van der Waals surface area (Å²) in [7, 11) is -3.44. The number of rotatable bonds is 4. The lowest BCUT2D eigenvalue weighted by molar-refractivity contribution is -0.127. The second-order valence-electron chi connectivity index (χ2n) is 9.17. The Labute approximate surface area is 165 Å². The van der Waals surface area contributed by atoms with E-state index in [9.17, 15) is 13.2 Å². The minimum Gasteiger partial charge on any atom is -0.353 e. The monoisotopic (exact) mass is 399 g/mol. The van der Waals surface area contributed by atoms with Crippen molar-refractivity contribution in [1.29, 1.82) is 0 Å². The van der Waals surface area contributed by atoms with Crippen LogP contribution < -0.4 is 5.32 Å². The Morgan fingerprint density at radius 1 is 0.889 bits per heavy atom. The number of hydrogen-bond donors (Lipinski definition) is 1. The summed E-state index contributed by atoms with van der Waals surface area (Å²) in [6, 6.07) is 0.233. The van der Waals surface area contributed by atoms with Crippen LogP contribution in [0.15, 0.2) is 0 Å². The van der Waals surface area contributed by atoms with Gasteiger partial charge in [-0.25, -0.2) is 0 Å². The van der Waals surface area contributed by atoms with Gasteiger partial charge in [-0.3, -0.25) is 4.79 Å². The molecule has 6 nitrogen and oxygen atoms in total. The first-order chi connectivity index (χ1) is 12.8. The van der Waals surface area contributed by atoms with Crippen LogP contribution in [0.5, 0.6) is 0 Å². The molecule has 7 heteroatoms. The molecule has 1 aliphatic carbocycles. The van der Waals surface area contributed by atoms with E-state index in [2.05, 4.69) is 26.1 Å². The highest BCUT2D eigenvalue weighted by Crippen LogP contribution is 2.30. The summed E-state index contributed by atoms with van der Waals surface area (Å²) in [4.78, 5) is 12.9. The van der Waals surface area contributed by atoms with Gasteiger partial charge in [0, 0.05) is 32.2 Å².